The summed E-state index contributed by atoms with van der Waals surface area (Å²) in [4.78, 5) is 4.16. The predicted octanol–water partition coefficient (Wildman–Crippen LogP) is 1.36. The van der Waals surface area contributed by atoms with Crippen LogP contribution in [-0.2, 0) is 6.54 Å². The lowest BCUT2D eigenvalue weighted by atomic mass is 10.3. The van der Waals surface area contributed by atoms with Gasteiger partial charge in [-0.05, 0) is 18.2 Å². The van der Waals surface area contributed by atoms with Crippen molar-refractivity contribution in [1.82, 2.24) is 15.2 Å². The normalized spacial score (nSPS) is 9.44. The van der Waals surface area contributed by atoms with Gasteiger partial charge in [0.2, 0.25) is 0 Å². The maximum Gasteiger partial charge on any atom is 0.166 e. The molecule has 0 radical (unpaired) electrons. The molecule has 0 atom stereocenters. The second-order valence-corrected chi connectivity index (χ2v) is 3.08. The Balaban J connectivity index is 2.09. The first-order valence-corrected chi connectivity index (χ1v) is 4.76. The molecule has 0 aliphatic carbocycles. The van der Waals surface area contributed by atoms with Crippen LogP contribution in [0.4, 0.5) is 5.82 Å². The molecular weight excluding hydrogens is 202 g/mol. The van der Waals surface area contributed by atoms with E-state index in [1.54, 1.807) is 12.3 Å². The fraction of sp³-hybridized carbons (Fsp3) is 0.0909. The van der Waals surface area contributed by atoms with Gasteiger partial charge in [-0.1, -0.05) is 6.07 Å². The van der Waals surface area contributed by atoms with Crippen LogP contribution in [0.2, 0.25) is 0 Å². The first-order chi connectivity index (χ1) is 7.90. The molecule has 0 unspecified atom stereocenters. The molecule has 0 amide bonds. The van der Waals surface area contributed by atoms with Crippen LogP contribution >= 0.6 is 0 Å². The molecule has 1 N–H and O–H groups in total. The van der Waals surface area contributed by atoms with E-state index < -0.39 is 0 Å². The second-order valence-electron chi connectivity index (χ2n) is 3.08. The Morgan fingerprint density at radius 1 is 1.25 bits per heavy atom. The van der Waals surface area contributed by atoms with Gasteiger partial charge in [0, 0.05) is 6.20 Å². The highest BCUT2D eigenvalue weighted by atomic mass is 15.2. The molecule has 2 heterocycles. The van der Waals surface area contributed by atoms with E-state index in [1.807, 2.05) is 24.3 Å². The quantitative estimate of drug-likeness (QED) is 0.829. The second kappa shape index (κ2) is 4.84. The molecule has 2 rings (SSSR count). The average molecular weight is 211 g/mol. The molecule has 0 fully saturated rings. The fourth-order valence-corrected chi connectivity index (χ4v) is 1.23. The van der Waals surface area contributed by atoms with Gasteiger partial charge in [0.1, 0.15) is 6.07 Å². The summed E-state index contributed by atoms with van der Waals surface area (Å²) in [5, 5.41) is 19.4. The summed E-state index contributed by atoms with van der Waals surface area (Å²) in [5.74, 6) is 0.482. The van der Waals surface area contributed by atoms with Crippen molar-refractivity contribution in [1.29, 1.82) is 5.26 Å². The SMILES string of the molecule is N#Cc1ccnnc1NCc1ccccn1. The summed E-state index contributed by atoms with van der Waals surface area (Å²) in [6.07, 6.45) is 3.21. The van der Waals surface area contributed by atoms with Gasteiger partial charge in [0.05, 0.1) is 24.0 Å². The van der Waals surface area contributed by atoms with Gasteiger partial charge >= 0.3 is 0 Å². The molecule has 16 heavy (non-hydrogen) atoms. The van der Waals surface area contributed by atoms with Crippen molar-refractivity contribution in [2.75, 3.05) is 5.32 Å². The standard InChI is InChI=1S/C11H9N5/c12-7-9-4-6-15-16-11(9)14-8-10-3-1-2-5-13-10/h1-6H,8H2,(H,14,16). The highest BCUT2D eigenvalue weighted by Crippen LogP contribution is 2.09. The molecule has 0 aliphatic heterocycles. The van der Waals surface area contributed by atoms with Crippen LogP contribution < -0.4 is 5.32 Å². The Hall–Kier alpha value is -2.48. The lowest BCUT2D eigenvalue weighted by Gasteiger charge is -2.04. The maximum atomic E-state index is 8.84. The van der Waals surface area contributed by atoms with E-state index in [0.717, 1.165) is 5.69 Å². The van der Waals surface area contributed by atoms with E-state index in [2.05, 4.69) is 20.5 Å². The van der Waals surface area contributed by atoms with Gasteiger partial charge in [0.15, 0.2) is 5.82 Å². The minimum Gasteiger partial charge on any atom is -0.362 e. The molecule has 0 saturated heterocycles. The van der Waals surface area contributed by atoms with Crippen LogP contribution in [0.5, 0.6) is 0 Å². The third-order valence-corrected chi connectivity index (χ3v) is 2.00. The van der Waals surface area contributed by atoms with E-state index in [1.165, 1.54) is 6.20 Å². The number of hydrogen-bond donors (Lipinski definition) is 1. The van der Waals surface area contributed by atoms with Crippen molar-refractivity contribution >= 4 is 5.82 Å². The molecular formula is C11H9N5. The van der Waals surface area contributed by atoms with E-state index in [9.17, 15) is 0 Å². The van der Waals surface area contributed by atoms with E-state index >= 15 is 0 Å². The summed E-state index contributed by atoms with van der Waals surface area (Å²) in [7, 11) is 0. The summed E-state index contributed by atoms with van der Waals surface area (Å²) in [5.41, 5.74) is 1.36. The van der Waals surface area contributed by atoms with E-state index in [4.69, 9.17) is 5.26 Å². The third-order valence-electron chi connectivity index (χ3n) is 2.00. The zero-order valence-electron chi connectivity index (χ0n) is 8.46. The highest BCUT2D eigenvalue weighted by molar-refractivity contribution is 5.50. The van der Waals surface area contributed by atoms with Gasteiger partial charge in [-0.25, -0.2) is 0 Å². The molecule has 0 bridgehead atoms. The lowest BCUT2D eigenvalue weighted by Crippen LogP contribution is -2.05. The summed E-state index contributed by atoms with van der Waals surface area (Å²) in [6, 6.07) is 9.33. The van der Waals surface area contributed by atoms with E-state index in [-0.39, 0.29) is 0 Å². The summed E-state index contributed by atoms with van der Waals surface area (Å²) in [6.45, 7) is 0.522. The molecule has 5 heteroatoms. The number of aromatic nitrogens is 3. The predicted molar refractivity (Wildman–Crippen MR) is 58.3 cm³/mol. The van der Waals surface area contributed by atoms with Crippen molar-refractivity contribution in [2.24, 2.45) is 0 Å². The van der Waals surface area contributed by atoms with Gasteiger partial charge in [-0.15, -0.1) is 5.10 Å². The van der Waals surface area contributed by atoms with Gasteiger partial charge in [-0.2, -0.15) is 10.4 Å². The smallest absolute Gasteiger partial charge is 0.166 e. The summed E-state index contributed by atoms with van der Waals surface area (Å²) >= 11 is 0. The first-order valence-electron chi connectivity index (χ1n) is 4.76. The van der Waals surface area contributed by atoms with Crippen LogP contribution in [0.1, 0.15) is 11.3 Å². The maximum absolute atomic E-state index is 8.84. The molecule has 0 saturated carbocycles. The fourth-order valence-electron chi connectivity index (χ4n) is 1.23. The van der Waals surface area contributed by atoms with Crippen molar-refractivity contribution in [3.05, 3.63) is 47.9 Å². The molecule has 0 aliphatic rings. The van der Waals surface area contributed by atoms with Crippen molar-refractivity contribution < 1.29 is 0 Å². The summed E-state index contributed by atoms with van der Waals surface area (Å²) < 4.78 is 0. The van der Waals surface area contributed by atoms with Gasteiger partial charge in [0.25, 0.3) is 0 Å². The first kappa shape index (κ1) is 10.1. The van der Waals surface area contributed by atoms with Crippen LogP contribution in [0.3, 0.4) is 0 Å². The van der Waals surface area contributed by atoms with Crippen LogP contribution in [0.15, 0.2) is 36.7 Å². The Bertz CT molecular complexity index is 503. The Labute approximate surface area is 92.8 Å². The zero-order valence-corrected chi connectivity index (χ0v) is 8.46. The average Bonchev–Trinajstić information content (AvgIpc) is 2.38. The molecule has 0 aromatic carbocycles. The minimum absolute atomic E-state index is 0.478. The van der Waals surface area contributed by atoms with Crippen LogP contribution in [0.25, 0.3) is 0 Å². The largest absolute Gasteiger partial charge is 0.362 e. The van der Waals surface area contributed by atoms with Crippen LogP contribution in [-0.4, -0.2) is 15.2 Å². The van der Waals surface area contributed by atoms with Gasteiger partial charge < -0.3 is 5.32 Å². The topological polar surface area (TPSA) is 74.5 Å². The molecule has 2 aromatic rings. The van der Waals surface area contributed by atoms with Crippen molar-refractivity contribution in [3.63, 3.8) is 0 Å². The molecule has 5 nitrogen and oxygen atoms in total. The number of pyridine rings is 1. The third kappa shape index (κ3) is 2.30. The van der Waals surface area contributed by atoms with Crippen molar-refractivity contribution in [3.8, 4) is 6.07 Å². The monoisotopic (exact) mass is 211 g/mol. The highest BCUT2D eigenvalue weighted by Gasteiger charge is 2.02. The Morgan fingerprint density at radius 2 is 2.19 bits per heavy atom. The Morgan fingerprint density at radius 3 is 2.94 bits per heavy atom. The number of nitriles is 1. The Kier molecular flexibility index (Phi) is 3.04. The van der Waals surface area contributed by atoms with Gasteiger partial charge in [-0.3, -0.25) is 4.98 Å². The minimum atomic E-state index is 0.478. The molecule has 0 spiro atoms. The molecule has 2 aromatic heterocycles. The number of nitrogens with zero attached hydrogens (tertiary/aromatic N) is 4. The zero-order chi connectivity index (χ0) is 11.2. The number of anilines is 1. The van der Waals surface area contributed by atoms with E-state index in [0.29, 0.717) is 17.9 Å². The number of nitrogens with one attached hydrogen (secondary N) is 1. The number of hydrogen-bond acceptors (Lipinski definition) is 5. The van der Waals surface area contributed by atoms with Crippen molar-refractivity contribution in [2.45, 2.75) is 6.54 Å². The lowest BCUT2D eigenvalue weighted by molar-refractivity contribution is 0.973. The molecule has 78 valence electrons. The van der Waals surface area contributed by atoms with Crippen LogP contribution in [0, 0.1) is 11.3 Å². The number of rotatable bonds is 3.